The topological polar surface area (TPSA) is 202 Å². The van der Waals surface area contributed by atoms with Gasteiger partial charge in [-0.15, -0.1) is 0 Å². The lowest BCUT2D eigenvalue weighted by Crippen LogP contribution is -2.36. The summed E-state index contributed by atoms with van der Waals surface area (Å²) >= 11 is 0. The van der Waals surface area contributed by atoms with E-state index in [0.29, 0.717) is 25.8 Å². The van der Waals surface area contributed by atoms with Gasteiger partial charge >= 0.3 is 17.9 Å². The number of benzene rings is 8. The van der Waals surface area contributed by atoms with Gasteiger partial charge in [0.25, 0.3) is 0 Å². The molecule has 0 bridgehead atoms. The summed E-state index contributed by atoms with van der Waals surface area (Å²) in [5, 5.41) is 8.01. The molecule has 99 heavy (non-hydrogen) atoms. The summed E-state index contributed by atoms with van der Waals surface area (Å²) < 4.78 is 31.2. The van der Waals surface area contributed by atoms with Crippen molar-refractivity contribution in [3.8, 4) is 11.1 Å². The van der Waals surface area contributed by atoms with Crippen LogP contribution in [0, 0.1) is 11.8 Å². The van der Waals surface area contributed by atoms with Crippen molar-refractivity contribution in [3.63, 3.8) is 0 Å². The highest BCUT2D eigenvalue weighted by molar-refractivity contribution is 5.82. The second kappa shape index (κ2) is 40.2. The van der Waals surface area contributed by atoms with Crippen LogP contribution in [0.1, 0.15) is 154 Å². The van der Waals surface area contributed by atoms with Crippen molar-refractivity contribution in [1.82, 2.24) is 16.0 Å². The van der Waals surface area contributed by atoms with E-state index in [0.717, 1.165) is 94.2 Å². The smallest absolute Gasteiger partial charge is 0.306 e. The number of amides is 3. The largest absolute Gasteiger partial charge is 0.465 e. The number of fused-ring (bicyclic) bond motifs is 3. The Morgan fingerprint density at radius 1 is 0.364 bits per heavy atom. The molecular formula is C84H95N3O12. The van der Waals surface area contributed by atoms with E-state index in [-0.39, 0.29) is 101 Å². The van der Waals surface area contributed by atoms with Crippen LogP contribution in [0.4, 0.5) is 0 Å². The normalized spacial score (nSPS) is 12.3. The molecule has 8 aromatic carbocycles. The maximum absolute atomic E-state index is 13.6. The van der Waals surface area contributed by atoms with Crippen molar-refractivity contribution >= 4 is 41.4 Å². The molecule has 8 aromatic rings. The van der Waals surface area contributed by atoms with Crippen LogP contribution in [0.25, 0.3) is 11.1 Å². The molecule has 0 aromatic heterocycles. The maximum atomic E-state index is 13.6. The molecular weight excluding hydrogens is 1240 g/mol. The Morgan fingerprint density at radius 3 is 1.12 bits per heavy atom. The number of rotatable bonds is 39. The molecule has 0 heterocycles. The number of Topliss-reactive ketones (excluding diaryl/α,β-unsaturated/α-hetero) is 1. The number of unbranched alkanes of at least 4 members (excludes halogenated alkanes) is 5. The molecule has 0 fully saturated rings. The summed E-state index contributed by atoms with van der Waals surface area (Å²) in [5.41, 5.74) is 8.13. The monoisotopic (exact) mass is 1340 g/mol. The van der Waals surface area contributed by atoms with Crippen LogP contribution in [0.15, 0.2) is 231 Å². The summed E-state index contributed by atoms with van der Waals surface area (Å²) in [6.45, 7) is 3.10. The van der Waals surface area contributed by atoms with Crippen molar-refractivity contribution in [3.05, 3.63) is 275 Å². The van der Waals surface area contributed by atoms with E-state index >= 15 is 0 Å². The quantitative estimate of drug-likeness (QED) is 0.0143. The fourth-order valence-electron chi connectivity index (χ4n) is 12.6. The van der Waals surface area contributed by atoms with Crippen LogP contribution in [0.5, 0.6) is 0 Å². The second-order valence-electron chi connectivity index (χ2n) is 25.0. The molecule has 0 saturated heterocycles. The number of esters is 3. The zero-order valence-electron chi connectivity index (χ0n) is 57.4. The highest BCUT2D eigenvalue weighted by atomic mass is 16.5. The average molecular weight is 1340 g/mol. The minimum absolute atomic E-state index is 0.00292. The van der Waals surface area contributed by atoms with Crippen molar-refractivity contribution in [2.24, 2.45) is 11.8 Å². The van der Waals surface area contributed by atoms with Gasteiger partial charge in [-0.05, 0) is 74.9 Å². The van der Waals surface area contributed by atoms with E-state index in [2.05, 4.69) is 47.1 Å². The Kier molecular flexibility index (Phi) is 30.4. The minimum Gasteiger partial charge on any atom is -0.465 e. The summed E-state index contributed by atoms with van der Waals surface area (Å²) in [4.78, 5) is 87.6. The molecule has 1 aliphatic carbocycles. The van der Waals surface area contributed by atoms with Crippen LogP contribution in [0.2, 0.25) is 0 Å². The van der Waals surface area contributed by atoms with Gasteiger partial charge in [0.1, 0.15) is 23.6 Å². The molecule has 0 aliphatic heterocycles. The highest BCUT2D eigenvalue weighted by Crippen LogP contribution is 2.46. The SMILES string of the molecule is CCCCCCC(=O)NCCCCCC(=O)C[C@H](COC(=O)CCC(=O)NC)COC(c1ccccc1)(c1ccccc1)c1ccccc1.CNC(=O)CCC(=O)OC[C@H](COC(c1ccccc1)(c1ccccc1)c1ccccc1)CC(=O)OCC1c2ccccc2-c2ccccc21. The van der Waals surface area contributed by atoms with Crippen molar-refractivity contribution in [2.75, 3.05) is 53.7 Å². The number of nitrogens with one attached hydrogen (secondary N) is 3. The van der Waals surface area contributed by atoms with Gasteiger partial charge in [0.2, 0.25) is 17.7 Å². The van der Waals surface area contributed by atoms with Crippen LogP contribution in [0.3, 0.4) is 0 Å². The van der Waals surface area contributed by atoms with Crippen LogP contribution in [-0.4, -0.2) is 95.1 Å². The Morgan fingerprint density at radius 2 is 0.727 bits per heavy atom. The number of hydrogen-bond acceptors (Lipinski definition) is 12. The number of carbonyl (C=O) groups is 7. The fourth-order valence-corrected chi connectivity index (χ4v) is 12.6. The van der Waals surface area contributed by atoms with Gasteiger partial charge < -0.3 is 39.6 Å². The van der Waals surface area contributed by atoms with E-state index in [1.165, 1.54) is 14.1 Å². The molecule has 0 spiro atoms. The van der Waals surface area contributed by atoms with Gasteiger partial charge in [0, 0.05) is 70.5 Å². The summed E-state index contributed by atoms with van der Waals surface area (Å²) in [5.74, 6) is -2.77. The molecule has 9 rings (SSSR count). The Hall–Kier alpha value is -9.83. The highest BCUT2D eigenvalue weighted by Gasteiger charge is 2.41. The average Bonchev–Trinajstić information content (AvgIpc) is 1.71. The Bertz CT molecular complexity index is 3540. The lowest BCUT2D eigenvalue weighted by Gasteiger charge is -2.37. The summed E-state index contributed by atoms with van der Waals surface area (Å²) in [6, 6.07) is 76.3. The van der Waals surface area contributed by atoms with Crippen LogP contribution in [-0.2, 0) is 68.4 Å². The molecule has 1 aliphatic rings. The predicted octanol–water partition coefficient (Wildman–Crippen LogP) is 14.7. The number of ketones is 1. The number of hydrogen-bond donors (Lipinski definition) is 3. The van der Waals surface area contributed by atoms with Crippen molar-refractivity contribution < 1.29 is 57.2 Å². The molecule has 518 valence electrons. The van der Waals surface area contributed by atoms with Crippen molar-refractivity contribution in [1.29, 1.82) is 0 Å². The van der Waals surface area contributed by atoms with E-state index in [9.17, 15) is 33.6 Å². The molecule has 0 saturated carbocycles. The van der Waals surface area contributed by atoms with E-state index in [1.807, 2.05) is 206 Å². The molecule has 15 nitrogen and oxygen atoms in total. The van der Waals surface area contributed by atoms with E-state index in [1.54, 1.807) is 0 Å². The Labute approximate surface area is 583 Å². The number of ether oxygens (including phenoxy) is 5. The standard InChI is InChI=1S/C43H41NO6.C41H54N2O6/c1-44-40(45)25-26-41(46)48-28-31(27-42(47)49-30-39-37-23-13-11-21-35(37)36-22-12-14-24-38(36)39)29-50-43(32-15-5-2-6-16-32,33-17-7-3-8-18-33)34-19-9-4-10-20-34;1-3-4-5-17-26-39(46)43-29-18-9-16-25-37(44)30-33(31-48-40(47)28-27-38(45)42-2)32-49-41(34-19-10-6-11-20-34,35-21-12-7-13-22-35)36-23-14-8-15-24-36/h2-24,31,39H,25-30H2,1H3,(H,44,45);6-8,10-15,19-24,33H,3-5,9,16-18,25-32H2,1-2H3,(H,42,45)(H,43,46)/t31-;33-/m11/s1. The third-order valence-electron chi connectivity index (χ3n) is 17.8. The molecule has 15 heteroatoms. The zero-order chi connectivity index (χ0) is 69.9. The van der Waals surface area contributed by atoms with Gasteiger partial charge in [-0.1, -0.05) is 263 Å². The molecule has 3 amide bonds. The summed E-state index contributed by atoms with van der Waals surface area (Å²) in [6.07, 6.45) is 7.72. The molecule has 0 unspecified atom stereocenters. The predicted molar refractivity (Wildman–Crippen MR) is 385 cm³/mol. The Balaban J connectivity index is 0.000000252. The number of carbonyl (C=O) groups excluding carboxylic acids is 7. The maximum Gasteiger partial charge on any atom is 0.306 e. The van der Waals surface area contributed by atoms with Gasteiger partial charge in [-0.2, -0.15) is 0 Å². The van der Waals surface area contributed by atoms with Crippen LogP contribution >= 0.6 is 0 Å². The first kappa shape index (κ1) is 75.0. The van der Waals surface area contributed by atoms with E-state index in [4.69, 9.17) is 23.7 Å². The van der Waals surface area contributed by atoms with Gasteiger partial charge in [0.15, 0.2) is 0 Å². The lowest BCUT2D eigenvalue weighted by atomic mass is 9.80. The van der Waals surface area contributed by atoms with Crippen LogP contribution < -0.4 is 16.0 Å². The first-order valence-electron chi connectivity index (χ1n) is 34.8. The third-order valence-corrected chi connectivity index (χ3v) is 17.8. The fraction of sp³-hybridized carbons (Fsp3) is 0.345. The lowest BCUT2D eigenvalue weighted by molar-refractivity contribution is -0.152. The second-order valence-corrected chi connectivity index (χ2v) is 25.0. The third kappa shape index (κ3) is 22.1. The van der Waals surface area contributed by atoms with Gasteiger partial charge in [-0.3, -0.25) is 33.6 Å². The minimum atomic E-state index is -1.02. The molecule has 2 atom stereocenters. The molecule has 0 radical (unpaired) electrons. The first-order chi connectivity index (χ1) is 48.4. The summed E-state index contributed by atoms with van der Waals surface area (Å²) in [7, 11) is 3.05. The van der Waals surface area contributed by atoms with Gasteiger partial charge in [-0.25, -0.2) is 0 Å². The van der Waals surface area contributed by atoms with Crippen molar-refractivity contribution in [2.45, 2.75) is 120 Å². The van der Waals surface area contributed by atoms with E-state index < -0.39 is 40.9 Å². The first-order valence-corrected chi connectivity index (χ1v) is 34.8. The van der Waals surface area contributed by atoms with Gasteiger partial charge in [0.05, 0.1) is 45.7 Å². The molecule has 3 N–H and O–H groups in total. The zero-order valence-corrected chi connectivity index (χ0v) is 57.4.